The first-order chi connectivity index (χ1) is 10.7. The monoisotopic (exact) mass is 344 g/mol. The second kappa shape index (κ2) is 7.52. The Kier molecular flexibility index (Phi) is 6.34. The Morgan fingerprint density at radius 1 is 1.04 bits per heavy atom. The Morgan fingerprint density at radius 2 is 1.65 bits per heavy atom. The van der Waals surface area contributed by atoms with Gasteiger partial charge in [-0.1, -0.05) is 13.3 Å². The molecule has 5 heteroatoms. The molecule has 1 heterocycles. The van der Waals surface area contributed by atoms with Crippen molar-refractivity contribution in [3.8, 4) is 0 Å². The maximum Gasteiger partial charge on any atom is 0.501 e. The van der Waals surface area contributed by atoms with Crippen molar-refractivity contribution in [2.75, 3.05) is 0 Å². The van der Waals surface area contributed by atoms with Crippen molar-refractivity contribution in [2.24, 2.45) is 5.92 Å². The zero-order valence-corrected chi connectivity index (χ0v) is 17.1. The summed E-state index contributed by atoms with van der Waals surface area (Å²) in [6.07, 6.45) is 5.69. The van der Waals surface area contributed by atoms with Crippen LogP contribution in [0.15, 0.2) is 0 Å². The molecule has 136 valence electrons. The summed E-state index contributed by atoms with van der Waals surface area (Å²) in [5.74, 6) is 0.515. The molecular formula is C18H36O4Si. The van der Waals surface area contributed by atoms with Gasteiger partial charge in [0, 0.05) is 18.3 Å². The molecule has 3 unspecified atom stereocenters. The number of hydrogen-bond acceptors (Lipinski definition) is 4. The molecule has 2 fully saturated rings. The van der Waals surface area contributed by atoms with Crippen LogP contribution in [0.3, 0.4) is 0 Å². The molecule has 0 spiro atoms. The lowest BCUT2D eigenvalue weighted by atomic mass is 9.79. The van der Waals surface area contributed by atoms with E-state index in [1.165, 1.54) is 12.8 Å². The van der Waals surface area contributed by atoms with Crippen molar-refractivity contribution in [2.45, 2.75) is 110 Å². The third-order valence-electron chi connectivity index (χ3n) is 4.79. The molecule has 1 saturated heterocycles. The van der Waals surface area contributed by atoms with E-state index in [9.17, 15) is 0 Å². The van der Waals surface area contributed by atoms with E-state index in [0.717, 1.165) is 18.9 Å². The Hall–Kier alpha value is 0.0569. The van der Waals surface area contributed by atoms with E-state index in [0.29, 0.717) is 18.1 Å². The molecule has 4 nitrogen and oxygen atoms in total. The lowest BCUT2D eigenvalue weighted by Gasteiger charge is -2.43. The third kappa shape index (κ3) is 5.26. The molecule has 0 aromatic carbocycles. The number of rotatable bonds is 9. The van der Waals surface area contributed by atoms with Crippen LogP contribution in [-0.2, 0) is 18.0 Å². The quantitative estimate of drug-likeness (QED) is 0.454. The fourth-order valence-corrected chi connectivity index (χ4v) is 7.30. The summed E-state index contributed by atoms with van der Waals surface area (Å²) in [5, 5.41) is 0. The van der Waals surface area contributed by atoms with Crippen LogP contribution in [0.2, 0.25) is 6.04 Å². The van der Waals surface area contributed by atoms with Crippen LogP contribution >= 0.6 is 0 Å². The van der Waals surface area contributed by atoms with Crippen molar-refractivity contribution >= 4 is 8.80 Å². The fraction of sp³-hybridized carbons (Fsp3) is 1.00. The number of ether oxygens (including phenoxy) is 1. The van der Waals surface area contributed by atoms with Crippen molar-refractivity contribution in [3.63, 3.8) is 0 Å². The molecule has 2 aliphatic rings. The molecule has 0 amide bonds. The van der Waals surface area contributed by atoms with E-state index in [2.05, 4.69) is 48.5 Å². The van der Waals surface area contributed by atoms with E-state index in [4.69, 9.17) is 18.0 Å². The second-order valence-electron chi connectivity index (χ2n) is 8.19. The molecule has 0 radical (unpaired) electrons. The van der Waals surface area contributed by atoms with E-state index in [1.54, 1.807) is 0 Å². The van der Waals surface area contributed by atoms with E-state index >= 15 is 0 Å². The van der Waals surface area contributed by atoms with Gasteiger partial charge in [0.2, 0.25) is 0 Å². The number of hydrogen-bond donors (Lipinski definition) is 0. The van der Waals surface area contributed by atoms with Gasteiger partial charge in [-0.05, 0) is 66.7 Å². The molecule has 3 atom stereocenters. The predicted molar refractivity (Wildman–Crippen MR) is 94.5 cm³/mol. The number of fused-ring (bicyclic) bond motifs is 1. The zero-order chi connectivity index (χ0) is 17.3. The van der Waals surface area contributed by atoms with Gasteiger partial charge in [0.15, 0.2) is 0 Å². The minimum atomic E-state index is -2.69. The largest absolute Gasteiger partial charge is 0.501 e. The van der Waals surface area contributed by atoms with Crippen LogP contribution in [0.5, 0.6) is 0 Å². The first-order valence-corrected chi connectivity index (χ1v) is 11.3. The Morgan fingerprint density at radius 3 is 2.13 bits per heavy atom. The normalized spacial score (nSPS) is 28.3. The standard InChI is InChI=1S/C18H36O4Si/c1-8-11-23(20-13(2)3,21-14(4)5)22-18(6,7)15-9-10-16-17(12-15)19-16/h13-17H,8-12H2,1-7H3. The summed E-state index contributed by atoms with van der Waals surface area (Å²) in [5.41, 5.74) is -0.234. The van der Waals surface area contributed by atoms with Gasteiger partial charge in [0.05, 0.1) is 17.8 Å². The maximum atomic E-state index is 6.73. The summed E-state index contributed by atoms with van der Waals surface area (Å²) >= 11 is 0. The average Bonchev–Trinajstić information content (AvgIpc) is 3.14. The average molecular weight is 345 g/mol. The number of epoxide rings is 1. The first-order valence-electron chi connectivity index (χ1n) is 9.38. The van der Waals surface area contributed by atoms with Gasteiger partial charge in [-0.2, -0.15) is 0 Å². The van der Waals surface area contributed by atoms with Crippen LogP contribution in [0.4, 0.5) is 0 Å². The molecular weight excluding hydrogens is 308 g/mol. The van der Waals surface area contributed by atoms with Crippen LogP contribution in [0.25, 0.3) is 0 Å². The lowest BCUT2D eigenvalue weighted by Crippen LogP contribution is -2.56. The first kappa shape index (κ1) is 19.4. The van der Waals surface area contributed by atoms with E-state index < -0.39 is 8.80 Å². The second-order valence-corrected chi connectivity index (χ2v) is 10.7. The van der Waals surface area contributed by atoms with Crippen LogP contribution in [-0.4, -0.2) is 38.8 Å². The van der Waals surface area contributed by atoms with Crippen LogP contribution < -0.4 is 0 Å². The van der Waals surface area contributed by atoms with Crippen molar-refractivity contribution in [1.29, 1.82) is 0 Å². The molecule has 0 aromatic heterocycles. The molecule has 1 aliphatic heterocycles. The van der Waals surface area contributed by atoms with Gasteiger partial charge in [0.1, 0.15) is 0 Å². The summed E-state index contributed by atoms with van der Waals surface area (Å²) in [4.78, 5) is 0. The van der Waals surface area contributed by atoms with Crippen LogP contribution in [0.1, 0.15) is 74.1 Å². The minimum absolute atomic E-state index is 0.116. The highest BCUT2D eigenvalue weighted by Gasteiger charge is 2.52. The van der Waals surface area contributed by atoms with Crippen molar-refractivity contribution < 1.29 is 18.0 Å². The fourth-order valence-electron chi connectivity index (χ4n) is 3.79. The zero-order valence-electron chi connectivity index (χ0n) is 16.1. The summed E-state index contributed by atoms with van der Waals surface area (Å²) in [7, 11) is -2.69. The van der Waals surface area contributed by atoms with Gasteiger partial charge in [-0.25, -0.2) is 0 Å². The van der Waals surface area contributed by atoms with E-state index in [1.807, 2.05) is 0 Å². The topological polar surface area (TPSA) is 40.2 Å². The third-order valence-corrected chi connectivity index (χ3v) is 8.40. The SMILES string of the molecule is CCC[Si](OC(C)C)(OC(C)C)OC(C)(C)C1CCC2OC2C1. The summed E-state index contributed by atoms with van der Waals surface area (Å²) in [6.45, 7) is 14.9. The molecule has 1 saturated carbocycles. The Balaban J connectivity index is 2.12. The summed E-state index contributed by atoms with van der Waals surface area (Å²) in [6, 6.07) is 0.877. The highest BCUT2D eigenvalue weighted by Crippen LogP contribution is 2.45. The molecule has 1 aliphatic carbocycles. The smallest absolute Gasteiger partial charge is 0.371 e. The van der Waals surface area contributed by atoms with Gasteiger partial charge in [0.25, 0.3) is 0 Å². The highest BCUT2D eigenvalue weighted by atomic mass is 28.4. The predicted octanol–water partition coefficient (Wildman–Crippen LogP) is 4.55. The van der Waals surface area contributed by atoms with E-state index in [-0.39, 0.29) is 17.8 Å². The van der Waals surface area contributed by atoms with Crippen molar-refractivity contribution in [1.82, 2.24) is 0 Å². The molecule has 0 bridgehead atoms. The molecule has 23 heavy (non-hydrogen) atoms. The van der Waals surface area contributed by atoms with Gasteiger partial charge < -0.3 is 18.0 Å². The maximum absolute atomic E-state index is 6.73. The molecule has 0 aromatic rings. The van der Waals surface area contributed by atoms with Gasteiger partial charge in [-0.15, -0.1) is 0 Å². The molecule has 2 rings (SSSR count). The highest BCUT2D eigenvalue weighted by molar-refractivity contribution is 6.60. The Bertz CT molecular complexity index is 373. The minimum Gasteiger partial charge on any atom is -0.371 e. The van der Waals surface area contributed by atoms with Crippen molar-refractivity contribution in [3.05, 3.63) is 0 Å². The van der Waals surface area contributed by atoms with Crippen LogP contribution in [0, 0.1) is 5.92 Å². The molecule has 0 N–H and O–H groups in total. The lowest BCUT2D eigenvalue weighted by molar-refractivity contribution is -0.0675. The van der Waals surface area contributed by atoms with Gasteiger partial charge in [-0.3, -0.25) is 0 Å². The van der Waals surface area contributed by atoms with Gasteiger partial charge >= 0.3 is 8.80 Å². The Labute approximate surface area is 143 Å². The summed E-state index contributed by atoms with van der Waals surface area (Å²) < 4.78 is 25.1.